The number of aliphatic hydroxyl groups excluding tert-OH is 1. The van der Waals surface area contributed by atoms with E-state index in [9.17, 15) is 5.11 Å². The molecule has 1 heterocycles. The van der Waals surface area contributed by atoms with E-state index in [-0.39, 0.29) is 5.60 Å². The average molecular weight is 303 g/mol. The lowest BCUT2D eigenvalue weighted by Gasteiger charge is -2.40. The third-order valence-electron chi connectivity index (χ3n) is 4.31. The Labute approximate surface area is 129 Å². The molecule has 2 N–H and O–H groups in total. The molecule has 126 valence electrons. The second kappa shape index (κ2) is 10.5. The van der Waals surface area contributed by atoms with Crippen molar-refractivity contribution in [3.8, 4) is 0 Å². The van der Waals surface area contributed by atoms with Crippen molar-refractivity contribution in [1.29, 1.82) is 0 Å². The Bertz CT molecular complexity index is 259. The standard InChI is InChI=1S/C16H33NO4/c1-4-16(5-2)11-14(7-8-21-16)17-12-15(18)13-20-10-9-19-6-3/h14-15,17-18H,4-13H2,1-3H3. The van der Waals surface area contributed by atoms with Gasteiger partial charge in [-0.3, -0.25) is 0 Å². The Balaban J connectivity index is 2.16. The Hall–Kier alpha value is -0.200. The molecule has 2 atom stereocenters. The molecule has 0 aromatic rings. The van der Waals surface area contributed by atoms with Gasteiger partial charge in [-0.15, -0.1) is 0 Å². The number of nitrogens with one attached hydrogen (secondary N) is 1. The van der Waals surface area contributed by atoms with Crippen LogP contribution in [-0.4, -0.2) is 62.4 Å². The van der Waals surface area contributed by atoms with Crippen molar-refractivity contribution in [1.82, 2.24) is 5.32 Å². The minimum Gasteiger partial charge on any atom is -0.389 e. The van der Waals surface area contributed by atoms with Gasteiger partial charge >= 0.3 is 0 Å². The first-order valence-corrected chi connectivity index (χ1v) is 8.36. The van der Waals surface area contributed by atoms with Crippen LogP contribution in [0.25, 0.3) is 0 Å². The molecule has 1 aliphatic heterocycles. The van der Waals surface area contributed by atoms with Gasteiger partial charge in [-0.05, 0) is 32.6 Å². The average Bonchev–Trinajstić information content (AvgIpc) is 2.53. The normalized spacial score (nSPS) is 23.1. The quantitative estimate of drug-likeness (QED) is 0.569. The Kier molecular flexibility index (Phi) is 9.44. The van der Waals surface area contributed by atoms with Crippen molar-refractivity contribution >= 4 is 0 Å². The van der Waals surface area contributed by atoms with Crippen LogP contribution in [0.2, 0.25) is 0 Å². The van der Waals surface area contributed by atoms with Gasteiger partial charge in [0.1, 0.15) is 0 Å². The van der Waals surface area contributed by atoms with E-state index in [1.165, 1.54) is 0 Å². The molecule has 0 radical (unpaired) electrons. The molecule has 5 nitrogen and oxygen atoms in total. The summed E-state index contributed by atoms with van der Waals surface area (Å²) in [6.45, 7) is 9.90. The fraction of sp³-hybridized carbons (Fsp3) is 1.00. The monoisotopic (exact) mass is 303 g/mol. The van der Waals surface area contributed by atoms with E-state index in [0.29, 0.717) is 39.0 Å². The maximum absolute atomic E-state index is 9.92. The van der Waals surface area contributed by atoms with Crippen LogP contribution in [0.3, 0.4) is 0 Å². The summed E-state index contributed by atoms with van der Waals surface area (Å²) in [5.41, 5.74) is 0.0227. The Morgan fingerprint density at radius 1 is 1.24 bits per heavy atom. The second-order valence-corrected chi connectivity index (χ2v) is 5.76. The van der Waals surface area contributed by atoms with Gasteiger partial charge in [0.2, 0.25) is 0 Å². The molecule has 0 saturated carbocycles. The highest BCUT2D eigenvalue weighted by molar-refractivity contribution is 4.88. The van der Waals surface area contributed by atoms with E-state index in [1.54, 1.807) is 0 Å². The van der Waals surface area contributed by atoms with Crippen LogP contribution in [0.15, 0.2) is 0 Å². The van der Waals surface area contributed by atoms with Gasteiger partial charge in [0.25, 0.3) is 0 Å². The molecule has 1 rings (SSSR count). The molecule has 0 aromatic heterocycles. The predicted octanol–water partition coefficient (Wildman–Crippen LogP) is 1.73. The SMILES string of the molecule is CCOCCOCC(O)CNC1CCOC(CC)(CC)C1. The van der Waals surface area contributed by atoms with Gasteiger partial charge in [0, 0.05) is 25.8 Å². The van der Waals surface area contributed by atoms with E-state index < -0.39 is 6.10 Å². The largest absolute Gasteiger partial charge is 0.389 e. The maximum Gasteiger partial charge on any atom is 0.0897 e. The van der Waals surface area contributed by atoms with E-state index in [4.69, 9.17) is 14.2 Å². The van der Waals surface area contributed by atoms with Gasteiger partial charge < -0.3 is 24.6 Å². The van der Waals surface area contributed by atoms with Crippen LogP contribution in [0, 0.1) is 0 Å². The van der Waals surface area contributed by atoms with Crippen LogP contribution in [-0.2, 0) is 14.2 Å². The van der Waals surface area contributed by atoms with E-state index in [2.05, 4.69) is 19.2 Å². The molecule has 1 saturated heterocycles. The van der Waals surface area contributed by atoms with Gasteiger partial charge in [0.05, 0.1) is 31.5 Å². The van der Waals surface area contributed by atoms with Crippen molar-refractivity contribution < 1.29 is 19.3 Å². The van der Waals surface area contributed by atoms with Crippen LogP contribution >= 0.6 is 0 Å². The zero-order valence-electron chi connectivity index (χ0n) is 13.9. The molecule has 0 aromatic carbocycles. The summed E-state index contributed by atoms with van der Waals surface area (Å²) in [5.74, 6) is 0. The minimum atomic E-state index is -0.466. The molecular weight excluding hydrogens is 270 g/mol. The maximum atomic E-state index is 9.92. The van der Waals surface area contributed by atoms with Crippen molar-refractivity contribution in [3.63, 3.8) is 0 Å². The van der Waals surface area contributed by atoms with Crippen molar-refractivity contribution in [2.45, 2.75) is 64.2 Å². The Morgan fingerprint density at radius 2 is 1.95 bits per heavy atom. The van der Waals surface area contributed by atoms with Gasteiger partial charge in [-0.25, -0.2) is 0 Å². The first kappa shape index (κ1) is 18.8. The summed E-state index contributed by atoms with van der Waals surface area (Å²) in [5, 5.41) is 13.4. The number of aliphatic hydroxyl groups is 1. The molecule has 0 bridgehead atoms. The third kappa shape index (κ3) is 7.06. The van der Waals surface area contributed by atoms with E-state index in [0.717, 1.165) is 32.3 Å². The number of hydrogen-bond acceptors (Lipinski definition) is 5. The van der Waals surface area contributed by atoms with Crippen LogP contribution < -0.4 is 5.32 Å². The molecule has 0 spiro atoms. The first-order valence-electron chi connectivity index (χ1n) is 8.36. The highest BCUT2D eigenvalue weighted by atomic mass is 16.5. The van der Waals surface area contributed by atoms with Crippen molar-refractivity contribution in [2.24, 2.45) is 0 Å². The van der Waals surface area contributed by atoms with Crippen LogP contribution in [0.1, 0.15) is 46.5 Å². The minimum absolute atomic E-state index is 0.0227. The fourth-order valence-corrected chi connectivity index (χ4v) is 2.79. The molecule has 21 heavy (non-hydrogen) atoms. The van der Waals surface area contributed by atoms with Gasteiger partial charge in [-0.2, -0.15) is 0 Å². The lowest BCUT2D eigenvalue weighted by Crippen LogP contribution is -2.48. The molecule has 2 unspecified atom stereocenters. The fourth-order valence-electron chi connectivity index (χ4n) is 2.79. The summed E-state index contributed by atoms with van der Waals surface area (Å²) < 4.78 is 16.5. The van der Waals surface area contributed by atoms with Crippen LogP contribution in [0.5, 0.6) is 0 Å². The zero-order valence-corrected chi connectivity index (χ0v) is 13.9. The summed E-state index contributed by atoms with van der Waals surface area (Å²) in [7, 11) is 0. The molecule has 5 heteroatoms. The summed E-state index contributed by atoms with van der Waals surface area (Å²) in [6.07, 6.45) is 3.67. The Morgan fingerprint density at radius 3 is 2.62 bits per heavy atom. The smallest absolute Gasteiger partial charge is 0.0897 e. The number of rotatable bonds is 11. The zero-order chi connectivity index (χ0) is 15.6. The van der Waals surface area contributed by atoms with Crippen molar-refractivity contribution in [3.05, 3.63) is 0 Å². The van der Waals surface area contributed by atoms with Crippen LogP contribution in [0.4, 0.5) is 0 Å². The predicted molar refractivity (Wildman–Crippen MR) is 83.6 cm³/mol. The number of ether oxygens (including phenoxy) is 3. The topological polar surface area (TPSA) is 60.0 Å². The lowest BCUT2D eigenvalue weighted by molar-refractivity contribution is -0.0942. The second-order valence-electron chi connectivity index (χ2n) is 5.76. The summed E-state index contributed by atoms with van der Waals surface area (Å²) in [6, 6.07) is 0.428. The summed E-state index contributed by atoms with van der Waals surface area (Å²) in [4.78, 5) is 0. The molecular formula is C16H33NO4. The lowest BCUT2D eigenvalue weighted by atomic mass is 9.86. The van der Waals surface area contributed by atoms with E-state index in [1.807, 2.05) is 6.92 Å². The van der Waals surface area contributed by atoms with Gasteiger partial charge in [0.15, 0.2) is 0 Å². The van der Waals surface area contributed by atoms with E-state index >= 15 is 0 Å². The molecule has 0 amide bonds. The molecule has 1 fully saturated rings. The van der Waals surface area contributed by atoms with Crippen molar-refractivity contribution in [2.75, 3.05) is 39.6 Å². The summed E-state index contributed by atoms with van der Waals surface area (Å²) >= 11 is 0. The number of hydrogen-bond donors (Lipinski definition) is 2. The highest BCUT2D eigenvalue weighted by Gasteiger charge is 2.34. The van der Waals surface area contributed by atoms with Gasteiger partial charge in [-0.1, -0.05) is 13.8 Å². The third-order valence-corrected chi connectivity index (χ3v) is 4.31. The highest BCUT2D eigenvalue weighted by Crippen LogP contribution is 2.31. The first-order chi connectivity index (χ1) is 10.2. The molecule has 0 aliphatic carbocycles. The molecule has 1 aliphatic rings.